The number of allylic oxidation sites excluding steroid dienone is 1. The molecule has 4 heteroatoms. The molecule has 1 saturated heterocycles. The lowest BCUT2D eigenvalue weighted by molar-refractivity contribution is -0.117. The van der Waals surface area contributed by atoms with E-state index in [0.717, 1.165) is 45.3 Å². The summed E-state index contributed by atoms with van der Waals surface area (Å²) < 4.78 is 5.50. The number of benzene rings is 1. The molecule has 2 heterocycles. The molecule has 1 aromatic carbocycles. The number of ether oxygens (including phenoxy) is 1. The van der Waals surface area contributed by atoms with Gasteiger partial charge < -0.3 is 4.74 Å². The molecule has 0 aliphatic carbocycles. The van der Waals surface area contributed by atoms with Gasteiger partial charge in [0.1, 0.15) is 0 Å². The summed E-state index contributed by atoms with van der Waals surface area (Å²) >= 11 is 1.78. The molecule has 0 radical (unpaired) electrons. The van der Waals surface area contributed by atoms with Gasteiger partial charge in [-0.2, -0.15) is 0 Å². The van der Waals surface area contributed by atoms with Gasteiger partial charge in [0.2, 0.25) is 5.78 Å². The number of likely N-dealkylation sites (tertiary alicyclic amines) is 1. The molecule has 0 N–H and O–H groups in total. The van der Waals surface area contributed by atoms with Gasteiger partial charge in [-0.3, -0.25) is 9.69 Å². The van der Waals surface area contributed by atoms with Crippen molar-refractivity contribution < 1.29 is 9.53 Å². The highest BCUT2D eigenvalue weighted by molar-refractivity contribution is 8.04. The topological polar surface area (TPSA) is 29.5 Å². The maximum absolute atomic E-state index is 12.6. The van der Waals surface area contributed by atoms with E-state index in [1.807, 2.05) is 0 Å². The Kier molecular flexibility index (Phi) is 6.01. The van der Waals surface area contributed by atoms with Crippen LogP contribution in [0.4, 0.5) is 0 Å². The van der Waals surface area contributed by atoms with Crippen LogP contribution < -0.4 is 0 Å². The SMILES string of the molecule is CCCCC1SC(C2CCN(Cc3ccccc3)C2)=C(OC)C1=O. The second-order valence-corrected chi connectivity index (χ2v) is 7.96. The first-order valence-electron chi connectivity index (χ1n) is 8.98. The van der Waals surface area contributed by atoms with E-state index in [1.165, 1.54) is 10.5 Å². The number of thioether (sulfide) groups is 1. The van der Waals surface area contributed by atoms with E-state index in [-0.39, 0.29) is 11.0 Å². The molecule has 3 rings (SSSR count). The fraction of sp³-hybridized carbons (Fsp3) is 0.550. The van der Waals surface area contributed by atoms with Gasteiger partial charge in [-0.25, -0.2) is 0 Å². The monoisotopic (exact) mass is 345 g/mol. The van der Waals surface area contributed by atoms with E-state index < -0.39 is 0 Å². The summed E-state index contributed by atoms with van der Waals surface area (Å²) in [6.07, 6.45) is 4.33. The fourth-order valence-corrected chi connectivity index (χ4v) is 5.10. The fourth-order valence-electron chi connectivity index (χ4n) is 3.62. The van der Waals surface area contributed by atoms with Gasteiger partial charge in [-0.1, -0.05) is 50.1 Å². The normalized spacial score (nSPS) is 24.8. The number of unbranched alkanes of at least 4 members (excludes halogenated alkanes) is 1. The van der Waals surface area contributed by atoms with Crippen LogP contribution in [-0.2, 0) is 16.1 Å². The molecule has 2 aliphatic heterocycles. The first-order chi connectivity index (χ1) is 11.7. The molecular weight excluding hydrogens is 318 g/mol. The summed E-state index contributed by atoms with van der Waals surface area (Å²) in [5.74, 6) is 1.31. The lowest BCUT2D eigenvalue weighted by Crippen LogP contribution is -2.20. The largest absolute Gasteiger partial charge is 0.492 e. The summed E-state index contributed by atoms with van der Waals surface area (Å²) in [6.45, 7) is 5.28. The Hall–Kier alpha value is -1.26. The second kappa shape index (κ2) is 8.21. The maximum atomic E-state index is 12.6. The van der Waals surface area contributed by atoms with Crippen LogP contribution >= 0.6 is 11.8 Å². The van der Waals surface area contributed by atoms with Crippen molar-refractivity contribution in [3.05, 3.63) is 46.6 Å². The highest BCUT2D eigenvalue weighted by Crippen LogP contribution is 2.44. The highest BCUT2D eigenvalue weighted by atomic mass is 32.2. The minimum absolute atomic E-state index is 0.0815. The lowest BCUT2D eigenvalue weighted by atomic mass is 10.0. The van der Waals surface area contributed by atoms with Gasteiger partial charge in [0.05, 0.1) is 12.4 Å². The zero-order chi connectivity index (χ0) is 16.9. The molecule has 2 atom stereocenters. The van der Waals surface area contributed by atoms with Gasteiger partial charge in [0, 0.05) is 23.9 Å². The molecule has 130 valence electrons. The molecule has 2 aliphatic rings. The minimum atomic E-state index is 0.0815. The molecule has 0 saturated carbocycles. The number of rotatable bonds is 7. The van der Waals surface area contributed by atoms with E-state index in [9.17, 15) is 4.79 Å². The van der Waals surface area contributed by atoms with Crippen molar-refractivity contribution in [2.24, 2.45) is 5.92 Å². The zero-order valence-corrected chi connectivity index (χ0v) is 15.5. The van der Waals surface area contributed by atoms with Crippen molar-refractivity contribution in [2.75, 3.05) is 20.2 Å². The summed E-state index contributed by atoms with van der Waals surface area (Å²) in [6, 6.07) is 10.6. The van der Waals surface area contributed by atoms with Crippen molar-refractivity contribution in [2.45, 2.75) is 44.4 Å². The maximum Gasteiger partial charge on any atom is 0.211 e. The molecule has 3 nitrogen and oxygen atoms in total. The third-order valence-corrected chi connectivity index (χ3v) is 6.43. The van der Waals surface area contributed by atoms with E-state index >= 15 is 0 Å². The molecule has 1 fully saturated rings. The molecule has 0 aromatic heterocycles. The van der Waals surface area contributed by atoms with Crippen LogP contribution in [0.2, 0.25) is 0 Å². The Morgan fingerprint density at radius 3 is 2.79 bits per heavy atom. The van der Waals surface area contributed by atoms with Crippen LogP contribution in [0, 0.1) is 5.92 Å². The zero-order valence-electron chi connectivity index (χ0n) is 14.7. The lowest BCUT2D eigenvalue weighted by Gasteiger charge is -2.17. The molecule has 24 heavy (non-hydrogen) atoms. The van der Waals surface area contributed by atoms with E-state index in [0.29, 0.717) is 11.7 Å². The average Bonchev–Trinajstić information content (AvgIpc) is 3.18. The van der Waals surface area contributed by atoms with E-state index in [2.05, 4.69) is 42.2 Å². The van der Waals surface area contributed by atoms with Crippen LogP contribution in [0.5, 0.6) is 0 Å². The predicted molar refractivity (Wildman–Crippen MR) is 99.8 cm³/mol. The van der Waals surface area contributed by atoms with Gasteiger partial charge in [-0.05, 0) is 24.9 Å². The Balaban J connectivity index is 1.63. The van der Waals surface area contributed by atoms with Crippen molar-refractivity contribution in [3.8, 4) is 0 Å². The van der Waals surface area contributed by atoms with Crippen LogP contribution in [0.15, 0.2) is 41.0 Å². The van der Waals surface area contributed by atoms with Crippen LogP contribution in [0.1, 0.15) is 38.2 Å². The van der Waals surface area contributed by atoms with Gasteiger partial charge in [0.15, 0.2) is 5.76 Å². The van der Waals surface area contributed by atoms with Crippen molar-refractivity contribution >= 4 is 17.5 Å². The minimum Gasteiger partial charge on any atom is -0.492 e. The van der Waals surface area contributed by atoms with Crippen LogP contribution in [0.25, 0.3) is 0 Å². The number of carbonyl (C=O) groups excluding carboxylic acids is 1. The Bertz CT molecular complexity index is 599. The number of nitrogens with zero attached hydrogens (tertiary/aromatic N) is 1. The summed E-state index contributed by atoms with van der Waals surface area (Å²) in [7, 11) is 1.65. The van der Waals surface area contributed by atoms with Crippen LogP contribution in [0.3, 0.4) is 0 Å². The smallest absolute Gasteiger partial charge is 0.211 e. The standard InChI is InChI=1S/C20H27NO2S/c1-3-4-10-17-18(22)19(23-2)20(24-17)16-11-12-21(14-16)13-15-8-6-5-7-9-15/h5-9,16-17H,3-4,10-14H2,1-2H3. The molecule has 0 bridgehead atoms. The Morgan fingerprint density at radius 1 is 1.29 bits per heavy atom. The summed E-state index contributed by atoms with van der Waals surface area (Å²) in [5.41, 5.74) is 1.36. The number of Topliss-reactive ketones (excluding diaryl/α,β-unsaturated/α-hetero) is 1. The Labute approximate surface area is 149 Å². The average molecular weight is 346 g/mol. The third kappa shape index (κ3) is 3.86. The summed E-state index contributed by atoms with van der Waals surface area (Å²) in [4.78, 5) is 16.3. The van der Waals surface area contributed by atoms with E-state index in [4.69, 9.17) is 4.74 Å². The van der Waals surface area contributed by atoms with Gasteiger partial charge in [0.25, 0.3) is 0 Å². The first kappa shape index (κ1) is 17.6. The number of carbonyl (C=O) groups is 1. The number of hydrogen-bond donors (Lipinski definition) is 0. The van der Waals surface area contributed by atoms with Gasteiger partial charge in [-0.15, -0.1) is 11.8 Å². The molecular formula is C20H27NO2S. The summed E-state index contributed by atoms with van der Waals surface area (Å²) in [5, 5.41) is 0.0815. The predicted octanol–water partition coefficient (Wildman–Crippen LogP) is 4.24. The Morgan fingerprint density at radius 2 is 2.08 bits per heavy atom. The van der Waals surface area contributed by atoms with Gasteiger partial charge >= 0.3 is 0 Å². The molecule has 0 amide bonds. The van der Waals surface area contributed by atoms with E-state index in [1.54, 1.807) is 18.9 Å². The highest BCUT2D eigenvalue weighted by Gasteiger charge is 2.39. The quantitative estimate of drug-likeness (QED) is 0.739. The molecule has 1 aromatic rings. The third-order valence-electron chi connectivity index (χ3n) is 4.93. The van der Waals surface area contributed by atoms with Crippen molar-refractivity contribution in [1.82, 2.24) is 4.90 Å². The number of methoxy groups -OCH3 is 1. The number of hydrogen-bond acceptors (Lipinski definition) is 4. The first-order valence-corrected chi connectivity index (χ1v) is 9.86. The van der Waals surface area contributed by atoms with Crippen molar-refractivity contribution in [3.63, 3.8) is 0 Å². The second-order valence-electron chi connectivity index (χ2n) is 6.72. The molecule has 0 spiro atoms. The number of ketones is 1. The molecule has 2 unspecified atom stereocenters. The van der Waals surface area contributed by atoms with Crippen LogP contribution in [-0.4, -0.2) is 36.1 Å². The van der Waals surface area contributed by atoms with Crippen molar-refractivity contribution in [1.29, 1.82) is 0 Å².